The Bertz CT molecular complexity index is 377. The maximum atomic E-state index is 3.58. The molecule has 0 radical (unpaired) electrons. The summed E-state index contributed by atoms with van der Waals surface area (Å²) < 4.78 is 0. The van der Waals surface area contributed by atoms with Gasteiger partial charge in [0, 0.05) is 19.1 Å². The van der Waals surface area contributed by atoms with Crippen molar-refractivity contribution < 1.29 is 0 Å². The summed E-state index contributed by atoms with van der Waals surface area (Å²) in [4.78, 5) is 2.31. The zero-order valence-electron chi connectivity index (χ0n) is 14.3. The summed E-state index contributed by atoms with van der Waals surface area (Å²) in [7, 11) is 4.31. The highest BCUT2D eigenvalue weighted by molar-refractivity contribution is 5.27. The third-order valence-electron chi connectivity index (χ3n) is 3.94. The summed E-state index contributed by atoms with van der Waals surface area (Å²) in [5.41, 5.74) is 2.99. The minimum atomic E-state index is 0.236. The summed E-state index contributed by atoms with van der Waals surface area (Å²) in [5, 5.41) is 3.58. The number of benzene rings is 1. The van der Waals surface area contributed by atoms with Crippen molar-refractivity contribution in [3.05, 3.63) is 35.4 Å². The number of nitrogens with one attached hydrogen (secondary N) is 1. The molecule has 114 valence electrons. The van der Waals surface area contributed by atoms with E-state index in [0.29, 0.717) is 12.0 Å². The molecule has 0 aliphatic rings. The molecule has 2 nitrogen and oxygen atoms in total. The zero-order valence-corrected chi connectivity index (χ0v) is 14.3. The standard InChI is InChI=1S/C18H32N2/c1-14(2)17(20(6)7)13-19-12-15-8-10-16(11-9-15)18(3,4)5/h8-11,14,17,19H,12-13H2,1-7H3. The maximum absolute atomic E-state index is 3.58. The number of hydrogen-bond donors (Lipinski definition) is 1. The molecule has 1 atom stereocenters. The van der Waals surface area contributed by atoms with Crippen molar-refractivity contribution in [3.8, 4) is 0 Å². The van der Waals surface area contributed by atoms with E-state index in [4.69, 9.17) is 0 Å². The molecule has 1 unspecified atom stereocenters. The van der Waals surface area contributed by atoms with Gasteiger partial charge in [-0.1, -0.05) is 58.9 Å². The minimum absolute atomic E-state index is 0.236. The van der Waals surface area contributed by atoms with E-state index in [-0.39, 0.29) is 5.41 Å². The maximum Gasteiger partial charge on any atom is 0.0237 e. The largest absolute Gasteiger partial charge is 0.311 e. The topological polar surface area (TPSA) is 15.3 Å². The van der Waals surface area contributed by atoms with Crippen LogP contribution in [-0.2, 0) is 12.0 Å². The second-order valence-corrected chi connectivity index (χ2v) is 7.35. The third-order valence-corrected chi connectivity index (χ3v) is 3.94. The van der Waals surface area contributed by atoms with Gasteiger partial charge in [0.1, 0.15) is 0 Å². The SMILES string of the molecule is CC(C)C(CNCc1ccc(C(C)(C)C)cc1)N(C)C. The molecular formula is C18H32N2. The third kappa shape index (κ3) is 5.26. The molecule has 0 amide bonds. The Morgan fingerprint density at radius 3 is 2.00 bits per heavy atom. The van der Waals surface area contributed by atoms with Crippen molar-refractivity contribution in [1.29, 1.82) is 0 Å². The fraction of sp³-hybridized carbons (Fsp3) is 0.667. The zero-order chi connectivity index (χ0) is 15.3. The van der Waals surface area contributed by atoms with E-state index in [1.54, 1.807) is 0 Å². The molecule has 1 aromatic rings. The van der Waals surface area contributed by atoms with Gasteiger partial charge in [-0.25, -0.2) is 0 Å². The van der Waals surface area contributed by atoms with Crippen LogP contribution in [0.15, 0.2) is 24.3 Å². The lowest BCUT2D eigenvalue weighted by atomic mass is 9.87. The van der Waals surface area contributed by atoms with Crippen LogP contribution < -0.4 is 5.32 Å². The molecule has 0 heterocycles. The quantitative estimate of drug-likeness (QED) is 0.853. The fourth-order valence-electron chi connectivity index (χ4n) is 2.50. The Kier molecular flexibility index (Phi) is 6.22. The molecule has 0 saturated carbocycles. The molecule has 0 aliphatic carbocycles. The van der Waals surface area contributed by atoms with Crippen LogP contribution >= 0.6 is 0 Å². The van der Waals surface area contributed by atoms with Crippen molar-refractivity contribution in [2.24, 2.45) is 5.92 Å². The van der Waals surface area contributed by atoms with E-state index in [0.717, 1.165) is 13.1 Å². The monoisotopic (exact) mass is 276 g/mol. The predicted octanol–water partition coefficient (Wildman–Crippen LogP) is 3.66. The first-order valence-electron chi connectivity index (χ1n) is 7.68. The molecule has 1 N–H and O–H groups in total. The van der Waals surface area contributed by atoms with E-state index in [1.165, 1.54) is 11.1 Å². The number of hydrogen-bond acceptors (Lipinski definition) is 2. The molecule has 1 rings (SSSR count). The molecule has 0 bridgehead atoms. The summed E-state index contributed by atoms with van der Waals surface area (Å²) >= 11 is 0. The normalized spacial score (nSPS) is 14.1. The highest BCUT2D eigenvalue weighted by Crippen LogP contribution is 2.22. The molecule has 1 aromatic carbocycles. The molecule has 2 heteroatoms. The minimum Gasteiger partial charge on any atom is -0.311 e. The number of nitrogens with zero attached hydrogens (tertiary/aromatic N) is 1. The van der Waals surface area contributed by atoms with Gasteiger partial charge in [-0.05, 0) is 36.6 Å². The molecule has 0 aliphatic heterocycles. The van der Waals surface area contributed by atoms with Crippen LogP contribution in [0, 0.1) is 5.92 Å². The first-order valence-corrected chi connectivity index (χ1v) is 7.68. The molecule has 0 fully saturated rings. The Labute approximate surface area is 125 Å². The average molecular weight is 276 g/mol. The van der Waals surface area contributed by atoms with E-state index in [9.17, 15) is 0 Å². The van der Waals surface area contributed by atoms with Crippen LogP contribution in [0.1, 0.15) is 45.7 Å². The van der Waals surface area contributed by atoms with E-state index < -0.39 is 0 Å². The van der Waals surface area contributed by atoms with Crippen LogP contribution in [0.3, 0.4) is 0 Å². The molecule has 20 heavy (non-hydrogen) atoms. The Balaban J connectivity index is 2.50. The Morgan fingerprint density at radius 2 is 1.60 bits per heavy atom. The van der Waals surface area contributed by atoms with Gasteiger partial charge < -0.3 is 10.2 Å². The Morgan fingerprint density at radius 1 is 1.05 bits per heavy atom. The second-order valence-electron chi connectivity index (χ2n) is 7.35. The summed E-state index contributed by atoms with van der Waals surface area (Å²) in [6, 6.07) is 9.58. The molecule has 0 saturated heterocycles. The lowest BCUT2D eigenvalue weighted by molar-refractivity contribution is 0.224. The van der Waals surface area contributed by atoms with Crippen molar-refractivity contribution in [3.63, 3.8) is 0 Å². The van der Waals surface area contributed by atoms with Gasteiger partial charge >= 0.3 is 0 Å². The van der Waals surface area contributed by atoms with Crippen molar-refractivity contribution in [2.75, 3.05) is 20.6 Å². The smallest absolute Gasteiger partial charge is 0.0237 e. The molecule has 0 aromatic heterocycles. The van der Waals surface area contributed by atoms with Crippen LogP contribution in [-0.4, -0.2) is 31.6 Å². The van der Waals surface area contributed by atoms with Crippen molar-refractivity contribution in [1.82, 2.24) is 10.2 Å². The number of rotatable bonds is 6. The van der Waals surface area contributed by atoms with Gasteiger partial charge in [-0.15, -0.1) is 0 Å². The van der Waals surface area contributed by atoms with Gasteiger partial charge in [0.25, 0.3) is 0 Å². The molecule has 0 spiro atoms. The van der Waals surface area contributed by atoms with Gasteiger partial charge in [-0.2, -0.15) is 0 Å². The fourth-order valence-corrected chi connectivity index (χ4v) is 2.50. The van der Waals surface area contributed by atoms with E-state index >= 15 is 0 Å². The van der Waals surface area contributed by atoms with Crippen molar-refractivity contribution >= 4 is 0 Å². The highest BCUT2D eigenvalue weighted by Gasteiger charge is 2.15. The van der Waals surface area contributed by atoms with Gasteiger partial charge in [0.2, 0.25) is 0 Å². The van der Waals surface area contributed by atoms with Gasteiger partial charge in [-0.3, -0.25) is 0 Å². The van der Waals surface area contributed by atoms with Crippen LogP contribution in [0.25, 0.3) is 0 Å². The van der Waals surface area contributed by atoms with Crippen LogP contribution in [0.5, 0.6) is 0 Å². The average Bonchev–Trinajstić information content (AvgIpc) is 2.33. The van der Waals surface area contributed by atoms with Gasteiger partial charge in [0.15, 0.2) is 0 Å². The molecular weight excluding hydrogens is 244 g/mol. The van der Waals surface area contributed by atoms with Crippen molar-refractivity contribution in [2.45, 2.75) is 52.6 Å². The van der Waals surface area contributed by atoms with Gasteiger partial charge in [0.05, 0.1) is 0 Å². The first-order chi connectivity index (χ1) is 9.21. The number of likely N-dealkylation sites (N-methyl/N-ethyl adjacent to an activating group) is 1. The lowest BCUT2D eigenvalue weighted by Crippen LogP contribution is -2.41. The lowest BCUT2D eigenvalue weighted by Gasteiger charge is -2.28. The summed E-state index contributed by atoms with van der Waals surface area (Å²) in [5.74, 6) is 0.667. The summed E-state index contributed by atoms with van der Waals surface area (Å²) in [6.07, 6.45) is 0. The van der Waals surface area contributed by atoms with Crippen LogP contribution in [0.4, 0.5) is 0 Å². The van der Waals surface area contributed by atoms with E-state index in [1.807, 2.05) is 0 Å². The summed E-state index contributed by atoms with van der Waals surface area (Å²) in [6.45, 7) is 13.3. The first kappa shape index (κ1) is 17.2. The van der Waals surface area contributed by atoms with E-state index in [2.05, 4.69) is 83.2 Å². The van der Waals surface area contributed by atoms with Crippen LogP contribution in [0.2, 0.25) is 0 Å². The highest BCUT2D eigenvalue weighted by atomic mass is 15.1. The predicted molar refractivity (Wildman–Crippen MR) is 89.2 cm³/mol. The Hall–Kier alpha value is -0.860. The second kappa shape index (κ2) is 7.24.